The van der Waals surface area contributed by atoms with E-state index in [0.29, 0.717) is 5.92 Å². The first-order chi connectivity index (χ1) is 9.74. The smallest absolute Gasteiger partial charge is 0.127 e. The SMILES string of the molecule is CN1C2CCC1CC(C(N)c1cccc3c1OCC3)C2. The Morgan fingerprint density at radius 2 is 2.00 bits per heavy atom. The minimum Gasteiger partial charge on any atom is -0.493 e. The van der Waals surface area contributed by atoms with Gasteiger partial charge in [-0.25, -0.2) is 0 Å². The molecule has 0 amide bonds. The molecule has 0 aromatic heterocycles. The molecule has 0 spiro atoms. The minimum atomic E-state index is 0.139. The van der Waals surface area contributed by atoms with Gasteiger partial charge in [0.05, 0.1) is 6.61 Å². The number of para-hydroxylation sites is 1. The molecule has 3 nitrogen and oxygen atoms in total. The minimum absolute atomic E-state index is 0.139. The van der Waals surface area contributed by atoms with Crippen molar-refractivity contribution in [3.05, 3.63) is 29.3 Å². The fraction of sp³-hybridized carbons (Fsp3) is 0.647. The average molecular weight is 272 g/mol. The standard InChI is InChI=1S/C17H24N2O/c1-19-13-5-6-14(19)10-12(9-13)16(18)15-4-2-3-11-7-8-20-17(11)15/h2-4,12-14,16H,5-10,18H2,1H3. The quantitative estimate of drug-likeness (QED) is 0.899. The molecule has 1 aromatic rings. The third-order valence-corrected chi connectivity index (χ3v) is 5.75. The molecule has 2 bridgehead atoms. The number of nitrogens with two attached hydrogens (primary N) is 1. The number of hydrogen-bond acceptors (Lipinski definition) is 3. The first-order valence-electron chi connectivity index (χ1n) is 7.96. The Balaban J connectivity index is 1.59. The number of ether oxygens (including phenoxy) is 1. The Morgan fingerprint density at radius 1 is 1.25 bits per heavy atom. The monoisotopic (exact) mass is 272 g/mol. The van der Waals surface area contributed by atoms with Crippen LogP contribution in [-0.2, 0) is 6.42 Å². The lowest BCUT2D eigenvalue weighted by Gasteiger charge is -2.39. The first kappa shape index (κ1) is 12.7. The zero-order valence-corrected chi connectivity index (χ0v) is 12.2. The van der Waals surface area contributed by atoms with Crippen LogP contribution in [0.5, 0.6) is 5.75 Å². The van der Waals surface area contributed by atoms with Crippen LogP contribution in [0.25, 0.3) is 0 Å². The number of nitrogens with zero attached hydrogens (tertiary/aromatic N) is 1. The van der Waals surface area contributed by atoms with E-state index in [1.807, 2.05) is 0 Å². The second-order valence-corrected chi connectivity index (χ2v) is 6.74. The highest BCUT2D eigenvalue weighted by Gasteiger charge is 2.41. The van der Waals surface area contributed by atoms with Crippen molar-refractivity contribution in [3.8, 4) is 5.75 Å². The fourth-order valence-corrected chi connectivity index (χ4v) is 4.50. The van der Waals surface area contributed by atoms with E-state index in [4.69, 9.17) is 10.5 Å². The molecule has 108 valence electrons. The van der Waals surface area contributed by atoms with Crippen LogP contribution >= 0.6 is 0 Å². The predicted molar refractivity (Wildman–Crippen MR) is 79.9 cm³/mol. The van der Waals surface area contributed by atoms with Crippen LogP contribution in [0.4, 0.5) is 0 Å². The van der Waals surface area contributed by atoms with Crippen LogP contribution in [-0.4, -0.2) is 30.6 Å². The number of rotatable bonds is 2. The zero-order valence-electron chi connectivity index (χ0n) is 12.2. The summed E-state index contributed by atoms with van der Waals surface area (Å²) < 4.78 is 5.84. The highest BCUT2D eigenvalue weighted by Crippen LogP contribution is 2.44. The Hall–Kier alpha value is -1.06. The molecule has 3 atom stereocenters. The Kier molecular flexibility index (Phi) is 3.00. The third kappa shape index (κ3) is 1.87. The van der Waals surface area contributed by atoms with E-state index in [1.54, 1.807) is 0 Å². The summed E-state index contributed by atoms with van der Waals surface area (Å²) in [6.07, 6.45) is 6.24. The highest BCUT2D eigenvalue weighted by atomic mass is 16.5. The molecular weight excluding hydrogens is 248 g/mol. The summed E-state index contributed by atoms with van der Waals surface area (Å²) in [6.45, 7) is 0.817. The van der Waals surface area contributed by atoms with Gasteiger partial charge in [-0.15, -0.1) is 0 Å². The topological polar surface area (TPSA) is 38.5 Å². The van der Waals surface area contributed by atoms with Crippen molar-refractivity contribution in [1.82, 2.24) is 4.90 Å². The molecule has 0 aliphatic carbocycles. The molecule has 3 aliphatic heterocycles. The molecule has 2 N–H and O–H groups in total. The van der Waals surface area contributed by atoms with Crippen molar-refractivity contribution in [2.45, 2.75) is 50.2 Å². The van der Waals surface area contributed by atoms with E-state index < -0.39 is 0 Å². The summed E-state index contributed by atoms with van der Waals surface area (Å²) in [5, 5.41) is 0. The Bertz CT molecular complexity index is 502. The van der Waals surface area contributed by atoms with Crippen LogP contribution in [0.15, 0.2) is 18.2 Å². The van der Waals surface area contributed by atoms with Crippen molar-refractivity contribution in [1.29, 1.82) is 0 Å². The molecule has 0 saturated carbocycles. The Morgan fingerprint density at radius 3 is 2.75 bits per heavy atom. The van der Waals surface area contributed by atoms with Gasteiger partial charge in [-0.1, -0.05) is 18.2 Å². The van der Waals surface area contributed by atoms with Crippen molar-refractivity contribution in [2.75, 3.05) is 13.7 Å². The van der Waals surface area contributed by atoms with Crippen LogP contribution in [0.2, 0.25) is 0 Å². The third-order valence-electron chi connectivity index (χ3n) is 5.75. The molecule has 2 fully saturated rings. The van der Waals surface area contributed by atoms with Crippen molar-refractivity contribution in [3.63, 3.8) is 0 Å². The molecule has 20 heavy (non-hydrogen) atoms. The van der Waals surface area contributed by atoms with Crippen molar-refractivity contribution in [2.24, 2.45) is 11.7 Å². The van der Waals surface area contributed by atoms with Gasteiger partial charge in [0.2, 0.25) is 0 Å². The average Bonchev–Trinajstić information content (AvgIpc) is 2.99. The second-order valence-electron chi connectivity index (χ2n) is 6.74. The summed E-state index contributed by atoms with van der Waals surface area (Å²) in [6, 6.07) is 8.14. The predicted octanol–water partition coefficient (Wildman–Crippen LogP) is 2.49. The van der Waals surface area contributed by atoms with Gasteiger partial charge in [0, 0.05) is 30.1 Å². The first-order valence-corrected chi connectivity index (χ1v) is 7.96. The normalized spacial score (nSPS) is 33.8. The molecule has 1 aromatic carbocycles. The van der Waals surface area contributed by atoms with Crippen molar-refractivity contribution >= 4 is 0 Å². The summed E-state index contributed by atoms with van der Waals surface area (Å²) in [5.74, 6) is 1.70. The van der Waals surface area contributed by atoms with E-state index in [0.717, 1.165) is 30.9 Å². The van der Waals surface area contributed by atoms with Crippen LogP contribution in [0.3, 0.4) is 0 Å². The summed E-state index contributed by atoms with van der Waals surface area (Å²) >= 11 is 0. The zero-order chi connectivity index (χ0) is 13.7. The lowest BCUT2D eigenvalue weighted by Crippen LogP contribution is -2.42. The molecule has 2 saturated heterocycles. The number of fused-ring (bicyclic) bond motifs is 3. The van der Waals surface area contributed by atoms with Gasteiger partial charge < -0.3 is 15.4 Å². The molecule has 0 radical (unpaired) electrons. The maximum Gasteiger partial charge on any atom is 0.127 e. The van der Waals surface area contributed by atoms with Crippen molar-refractivity contribution < 1.29 is 4.74 Å². The van der Waals surface area contributed by atoms with Crippen LogP contribution in [0.1, 0.15) is 42.9 Å². The second kappa shape index (κ2) is 4.74. The lowest BCUT2D eigenvalue weighted by molar-refractivity contribution is 0.120. The molecule has 3 heterocycles. The number of piperidine rings is 1. The molecule has 4 rings (SSSR count). The van der Waals surface area contributed by atoms with E-state index >= 15 is 0 Å². The van der Waals surface area contributed by atoms with E-state index in [9.17, 15) is 0 Å². The molecule has 3 aliphatic rings. The fourth-order valence-electron chi connectivity index (χ4n) is 4.50. The molecular formula is C17H24N2O. The summed E-state index contributed by atoms with van der Waals surface area (Å²) in [7, 11) is 2.29. The van der Waals surface area contributed by atoms with Gasteiger partial charge in [0.15, 0.2) is 0 Å². The van der Waals surface area contributed by atoms with Gasteiger partial charge >= 0.3 is 0 Å². The highest BCUT2D eigenvalue weighted by molar-refractivity contribution is 5.45. The van der Waals surface area contributed by atoms with E-state index in [1.165, 1.54) is 36.8 Å². The van der Waals surface area contributed by atoms with Gasteiger partial charge in [0.1, 0.15) is 5.75 Å². The maximum absolute atomic E-state index is 6.64. The van der Waals surface area contributed by atoms with Gasteiger partial charge in [-0.2, -0.15) is 0 Å². The van der Waals surface area contributed by atoms with Gasteiger partial charge in [-0.05, 0) is 44.2 Å². The largest absolute Gasteiger partial charge is 0.493 e. The molecule has 3 unspecified atom stereocenters. The van der Waals surface area contributed by atoms with Gasteiger partial charge in [0.25, 0.3) is 0 Å². The van der Waals surface area contributed by atoms with Crippen LogP contribution < -0.4 is 10.5 Å². The summed E-state index contributed by atoms with van der Waals surface area (Å²) in [5.41, 5.74) is 9.23. The maximum atomic E-state index is 6.64. The van der Waals surface area contributed by atoms with Crippen LogP contribution in [0, 0.1) is 5.92 Å². The lowest BCUT2D eigenvalue weighted by atomic mass is 9.82. The Labute approximate surface area is 121 Å². The number of benzene rings is 1. The number of hydrogen-bond donors (Lipinski definition) is 1. The summed E-state index contributed by atoms with van der Waals surface area (Å²) in [4.78, 5) is 2.58. The van der Waals surface area contributed by atoms with E-state index in [-0.39, 0.29) is 6.04 Å². The molecule has 3 heteroatoms. The van der Waals surface area contributed by atoms with Gasteiger partial charge in [-0.3, -0.25) is 0 Å². The van der Waals surface area contributed by atoms with E-state index in [2.05, 4.69) is 30.1 Å².